The first-order valence-corrected chi connectivity index (χ1v) is 4.19. The van der Waals surface area contributed by atoms with E-state index in [4.69, 9.17) is 9.84 Å². The van der Waals surface area contributed by atoms with Gasteiger partial charge in [-0.05, 0) is 6.07 Å². The summed E-state index contributed by atoms with van der Waals surface area (Å²) >= 11 is 0. The normalized spacial score (nSPS) is 19.3. The van der Waals surface area contributed by atoms with Crippen LogP contribution in [0.2, 0.25) is 0 Å². The number of rotatable bonds is 1. The molecule has 1 aromatic rings. The molecule has 3 nitrogen and oxygen atoms in total. The molecule has 0 radical (unpaired) electrons. The van der Waals surface area contributed by atoms with Crippen LogP contribution in [0.15, 0.2) is 18.2 Å². The van der Waals surface area contributed by atoms with Gasteiger partial charge < -0.3 is 9.84 Å². The van der Waals surface area contributed by atoms with E-state index in [1.54, 1.807) is 12.1 Å². The molecule has 1 aliphatic rings. The maximum absolute atomic E-state index is 10.8. The zero-order chi connectivity index (χ0) is 9.42. The van der Waals surface area contributed by atoms with Crippen LogP contribution in [0.1, 0.15) is 28.8 Å². The molecule has 0 bridgehead atoms. The molecule has 3 heteroatoms. The van der Waals surface area contributed by atoms with Gasteiger partial charge in [-0.15, -0.1) is 0 Å². The number of carboxylic acid groups (broad SMARTS) is 1. The number of carboxylic acids is 1. The zero-order valence-corrected chi connectivity index (χ0v) is 7.28. The molecule has 0 unspecified atom stereocenters. The summed E-state index contributed by atoms with van der Waals surface area (Å²) in [5.41, 5.74) is 1.27. The van der Waals surface area contributed by atoms with E-state index in [0.717, 1.165) is 5.56 Å². The SMILES string of the molecule is C[C@H]1COc2c(C(=O)O)cccc21. The van der Waals surface area contributed by atoms with Gasteiger partial charge in [0.2, 0.25) is 0 Å². The molecule has 1 aromatic carbocycles. The van der Waals surface area contributed by atoms with E-state index in [1.165, 1.54) is 0 Å². The van der Waals surface area contributed by atoms with Gasteiger partial charge in [-0.1, -0.05) is 19.1 Å². The number of aromatic carboxylic acids is 1. The van der Waals surface area contributed by atoms with Crippen molar-refractivity contribution in [2.45, 2.75) is 12.8 Å². The Kier molecular flexibility index (Phi) is 1.72. The van der Waals surface area contributed by atoms with Crippen LogP contribution in [0, 0.1) is 0 Å². The minimum Gasteiger partial charge on any atom is -0.492 e. The highest BCUT2D eigenvalue weighted by Crippen LogP contribution is 2.36. The fourth-order valence-electron chi connectivity index (χ4n) is 1.57. The maximum Gasteiger partial charge on any atom is 0.339 e. The molecule has 2 rings (SSSR count). The van der Waals surface area contributed by atoms with Crippen molar-refractivity contribution in [3.05, 3.63) is 29.3 Å². The average Bonchev–Trinajstić information content (AvgIpc) is 2.48. The van der Waals surface area contributed by atoms with Gasteiger partial charge in [-0.2, -0.15) is 0 Å². The van der Waals surface area contributed by atoms with Crippen molar-refractivity contribution in [2.75, 3.05) is 6.61 Å². The lowest BCUT2D eigenvalue weighted by molar-refractivity contribution is 0.0693. The van der Waals surface area contributed by atoms with Crippen LogP contribution in [0.25, 0.3) is 0 Å². The largest absolute Gasteiger partial charge is 0.492 e. The number of hydrogen-bond acceptors (Lipinski definition) is 2. The van der Waals surface area contributed by atoms with Gasteiger partial charge in [0.25, 0.3) is 0 Å². The molecular weight excluding hydrogens is 168 g/mol. The molecule has 0 saturated heterocycles. The van der Waals surface area contributed by atoms with Crippen molar-refractivity contribution in [3.63, 3.8) is 0 Å². The Morgan fingerprint density at radius 3 is 3.08 bits per heavy atom. The quantitative estimate of drug-likeness (QED) is 0.714. The number of fused-ring (bicyclic) bond motifs is 1. The molecule has 1 atom stereocenters. The van der Waals surface area contributed by atoms with Crippen LogP contribution in [0.5, 0.6) is 5.75 Å². The van der Waals surface area contributed by atoms with Gasteiger partial charge in [0.05, 0.1) is 6.61 Å². The second kappa shape index (κ2) is 2.76. The molecule has 1 N–H and O–H groups in total. The Morgan fingerprint density at radius 1 is 1.62 bits per heavy atom. The highest BCUT2D eigenvalue weighted by Gasteiger charge is 2.24. The number of benzene rings is 1. The minimum absolute atomic E-state index is 0.266. The summed E-state index contributed by atoms with van der Waals surface area (Å²) in [5.74, 6) is -0.0808. The summed E-state index contributed by atoms with van der Waals surface area (Å²) in [7, 11) is 0. The molecule has 13 heavy (non-hydrogen) atoms. The molecule has 0 aliphatic carbocycles. The highest BCUT2D eigenvalue weighted by atomic mass is 16.5. The van der Waals surface area contributed by atoms with E-state index in [9.17, 15) is 4.79 Å². The van der Waals surface area contributed by atoms with Gasteiger partial charge in [0.1, 0.15) is 11.3 Å². The lowest BCUT2D eigenvalue weighted by atomic mass is 10.0. The van der Waals surface area contributed by atoms with Gasteiger partial charge in [0, 0.05) is 11.5 Å². The molecule has 0 fully saturated rings. The van der Waals surface area contributed by atoms with E-state index < -0.39 is 5.97 Å². The van der Waals surface area contributed by atoms with Gasteiger partial charge in [-0.25, -0.2) is 4.79 Å². The smallest absolute Gasteiger partial charge is 0.339 e. The van der Waals surface area contributed by atoms with E-state index in [-0.39, 0.29) is 5.56 Å². The first-order chi connectivity index (χ1) is 6.20. The third-order valence-corrected chi connectivity index (χ3v) is 2.28. The van der Waals surface area contributed by atoms with Crippen LogP contribution < -0.4 is 4.74 Å². The lowest BCUT2D eigenvalue weighted by Gasteiger charge is -2.02. The Hall–Kier alpha value is -1.51. The van der Waals surface area contributed by atoms with Crippen molar-refractivity contribution in [2.24, 2.45) is 0 Å². The van der Waals surface area contributed by atoms with Crippen molar-refractivity contribution < 1.29 is 14.6 Å². The fourth-order valence-corrected chi connectivity index (χ4v) is 1.57. The summed E-state index contributed by atoms with van der Waals surface area (Å²) in [6, 6.07) is 5.24. The standard InChI is InChI=1S/C10H10O3/c1-6-5-13-9-7(6)3-2-4-8(9)10(11)12/h2-4,6H,5H2,1H3,(H,11,12)/t6-/m0/s1. The predicted octanol–water partition coefficient (Wildman–Crippen LogP) is 1.88. The van der Waals surface area contributed by atoms with Crippen LogP contribution in [0.4, 0.5) is 0 Å². The van der Waals surface area contributed by atoms with Crippen molar-refractivity contribution >= 4 is 5.97 Å². The highest BCUT2D eigenvalue weighted by molar-refractivity contribution is 5.91. The lowest BCUT2D eigenvalue weighted by Crippen LogP contribution is -1.99. The molecule has 0 spiro atoms. The molecule has 1 heterocycles. The van der Waals surface area contributed by atoms with Crippen molar-refractivity contribution in [1.82, 2.24) is 0 Å². The first-order valence-electron chi connectivity index (χ1n) is 4.19. The summed E-state index contributed by atoms with van der Waals surface area (Å²) in [4.78, 5) is 10.8. The summed E-state index contributed by atoms with van der Waals surface area (Å²) < 4.78 is 5.32. The van der Waals surface area contributed by atoms with Crippen LogP contribution in [-0.4, -0.2) is 17.7 Å². The summed E-state index contributed by atoms with van der Waals surface area (Å²) in [5, 5.41) is 8.86. The minimum atomic E-state index is -0.925. The van der Waals surface area contributed by atoms with Gasteiger partial charge in [-0.3, -0.25) is 0 Å². The van der Waals surface area contributed by atoms with Crippen LogP contribution in [-0.2, 0) is 0 Å². The molecule has 0 amide bonds. The summed E-state index contributed by atoms with van der Waals surface area (Å²) in [6.45, 7) is 2.61. The Morgan fingerprint density at radius 2 is 2.38 bits per heavy atom. The monoisotopic (exact) mass is 178 g/mol. The number of hydrogen-bond donors (Lipinski definition) is 1. The van der Waals surface area contributed by atoms with Crippen molar-refractivity contribution in [1.29, 1.82) is 0 Å². The Balaban J connectivity index is 2.57. The molecule has 68 valence electrons. The predicted molar refractivity (Wildman–Crippen MR) is 47.3 cm³/mol. The molecule has 0 aromatic heterocycles. The van der Waals surface area contributed by atoms with Gasteiger partial charge in [0.15, 0.2) is 0 Å². The maximum atomic E-state index is 10.8. The summed E-state index contributed by atoms with van der Waals surface area (Å²) in [6.07, 6.45) is 0. The number of para-hydroxylation sites is 1. The number of carbonyl (C=O) groups is 1. The molecule has 1 aliphatic heterocycles. The molecular formula is C10H10O3. The Bertz CT molecular complexity index is 357. The fraction of sp³-hybridized carbons (Fsp3) is 0.300. The number of ether oxygens (including phenoxy) is 1. The van der Waals surface area contributed by atoms with Gasteiger partial charge >= 0.3 is 5.97 Å². The van der Waals surface area contributed by atoms with Crippen LogP contribution >= 0.6 is 0 Å². The average molecular weight is 178 g/mol. The Labute approximate surface area is 76.0 Å². The second-order valence-corrected chi connectivity index (χ2v) is 3.24. The molecule has 0 saturated carbocycles. The third-order valence-electron chi connectivity index (χ3n) is 2.28. The first kappa shape index (κ1) is 8.10. The van der Waals surface area contributed by atoms with E-state index in [1.807, 2.05) is 13.0 Å². The topological polar surface area (TPSA) is 46.5 Å². The van der Waals surface area contributed by atoms with Crippen molar-refractivity contribution in [3.8, 4) is 5.75 Å². The second-order valence-electron chi connectivity index (χ2n) is 3.24. The third kappa shape index (κ3) is 1.16. The van der Waals surface area contributed by atoms with E-state index in [2.05, 4.69) is 0 Å². The van der Waals surface area contributed by atoms with E-state index in [0.29, 0.717) is 18.3 Å². The van der Waals surface area contributed by atoms with E-state index >= 15 is 0 Å². The van der Waals surface area contributed by atoms with Crippen LogP contribution in [0.3, 0.4) is 0 Å². The zero-order valence-electron chi connectivity index (χ0n) is 7.28.